The molecule has 0 spiro atoms. The fourth-order valence-electron chi connectivity index (χ4n) is 2.71. The molecule has 3 rings (SSSR count). The third-order valence-electron chi connectivity index (χ3n) is 3.93. The lowest BCUT2D eigenvalue weighted by Crippen LogP contribution is -2.51. The molecule has 2 N–H and O–H groups in total. The van der Waals surface area contributed by atoms with Crippen molar-refractivity contribution in [1.29, 1.82) is 0 Å². The largest absolute Gasteiger partial charge is 0.485 e. The van der Waals surface area contributed by atoms with Crippen LogP contribution in [0.1, 0.15) is 12.8 Å². The zero-order chi connectivity index (χ0) is 17.2. The van der Waals surface area contributed by atoms with Crippen molar-refractivity contribution in [1.82, 2.24) is 10.9 Å². The highest BCUT2D eigenvalue weighted by Gasteiger charge is 2.30. The molecule has 0 aliphatic carbocycles. The van der Waals surface area contributed by atoms with E-state index in [4.69, 9.17) is 9.47 Å². The zero-order valence-corrected chi connectivity index (χ0v) is 13.7. The van der Waals surface area contributed by atoms with Crippen LogP contribution in [0.15, 0.2) is 24.3 Å². The molecule has 1 saturated heterocycles. The highest BCUT2D eigenvalue weighted by Crippen LogP contribution is 2.30. The summed E-state index contributed by atoms with van der Waals surface area (Å²) in [5.74, 6) is 0.00116. The Morgan fingerprint density at radius 1 is 1.17 bits per heavy atom. The minimum atomic E-state index is -3.02. The van der Waals surface area contributed by atoms with E-state index in [-0.39, 0.29) is 30.5 Å². The summed E-state index contributed by atoms with van der Waals surface area (Å²) in [4.78, 5) is 23.8. The van der Waals surface area contributed by atoms with E-state index in [2.05, 4.69) is 10.9 Å². The van der Waals surface area contributed by atoms with Gasteiger partial charge < -0.3 is 9.47 Å². The summed E-state index contributed by atoms with van der Waals surface area (Å²) in [7, 11) is -3.02. The number of benzene rings is 1. The minimum absolute atomic E-state index is 0.0186. The molecule has 0 bridgehead atoms. The molecule has 24 heavy (non-hydrogen) atoms. The number of amides is 2. The van der Waals surface area contributed by atoms with Crippen LogP contribution in [0.5, 0.6) is 11.5 Å². The number of fused-ring (bicyclic) bond motifs is 1. The molecule has 130 valence electrons. The van der Waals surface area contributed by atoms with E-state index in [1.54, 1.807) is 24.3 Å². The first-order valence-corrected chi connectivity index (χ1v) is 9.43. The van der Waals surface area contributed by atoms with Gasteiger partial charge in [-0.25, -0.2) is 8.42 Å². The van der Waals surface area contributed by atoms with Crippen molar-refractivity contribution in [3.8, 4) is 11.5 Å². The van der Waals surface area contributed by atoms with Gasteiger partial charge in [0.1, 0.15) is 6.61 Å². The average molecular weight is 354 g/mol. The lowest BCUT2D eigenvalue weighted by Gasteiger charge is -2.25. The molecule has 1 aromatic carbocycles. The molecule has 2 unspecified atom stereocenters. The summed E-state index contributed by atoms with van der Waals surface area (Å²) < 4.78 is 33.7. The first kappa shape index (κ1) is 16.6. The summed E-state index contributed by atoms with van der Waals surface area (Å²) in [5, 5.41) is 0. The number of sulfone groups is 1. The van der Waals surface area contributed by atoms with Gasteiger partial charge in [-0.1, -0.05) is 12.1 Å². The Balaban J connectivity index is 1.45. The molecular weight excluding hydrogens is 336 g/mol. The van der Waals surface area contributed by atoms with Gasteiger partial charge in [0.25, 0.3) is 5.91 Å². The van der Waals surface area contributed by atoms with Gasteiger partial charge >= 0.3 is 0 Å². The Kier molecular flexibility index (Phi) is 4.61. The second-order valence-electron chi connectivity index (χ2n) is 5.87. The molecule has 1 aromatic rings. The summed E-state index contributed by atoms with van der Waals surface area (Å²) in [6, 6.07) is 6.99. The van der Waals surface area contributed by atoms with Crippen molar-refractivity contribution in [2.24, 2.45) is 5.92 Å². The number of hydrazine groups is 1. The zero-order valence-electron chi connectivity index (χ0n) is 12.9. The van der Waals surface area contributed by atoms with E-state index >= 15 is 0 Å². The van der Waals surface area contributed by atoms with E-state index in [0.29, 0.717) is 17.9 Å². The molecule has 2 heterocycles. The predicted molar refractivity (Wildman–Crippen MR) is 84.0 cm³/mol. The third kappa shape index (κ3) is 3.97. The van der Waals surface area contributed by atoms with Crippen LogP contribution in [-0.4, -0.2) is 44.4 Å². The summed E-state index contributed by atoms with van der Waals surface area (Å²) in [6.45, 7) is 0.0413. The fourth-order valence-corrected chi connectivity index (χ4v) is 4.57. The number of rotatable bonds is 3. The average Bonchev–Trinajstić information content (AvgIpc) is 2.90. The van der Waals surface area contributed by atoms with Crippen LogP contribution in [0.25, 0.3) is 0 Å². The monoisotopic (exact) mass is 354 g/mol. The molecule has 2 aliphatic rings. The first-order valence-electron chi connectivity index (χ1n) is 7.60. The number of para-hydroxylation sites is 2. The van der Waals surface area contributed by atoms with E-state index in [1.165, 1.54) is 0 Å². The van der Waals surface area contributed by atoms with E-state index in [0.717, 1.165) is 0 Å². The molecule has 1 fully saturated rings. The molecule has 2 amide bonds. The standard InChI is InChI=1S/C15H18N2O6S/c18-14(7-10-5-6-24(20,21)9-10)16-17-15(19)13-8-22-11-3-1-2-4-12(11)23-13/h1-4,10,13H,5-9H2,(H,16,18)(H,17,19). The number of hydrogen-bond acceptors (Lipinski definition) is 6. The van der Waals surface area contributed by atoms with Gasteiger partial charge in [0.2, 0.25) is 12.0 Å². The second kappa shape index (κ2) is 6.68. The van der Waals surface area contributed by atoms with Gasteiger partial charge in [-0.05, 0) is 24.5 Å². The molecule has 9 heteroatoms. The maximum atomic E-state index is 12.0. The Labute approximate surface area is 139 Å². The van der Waals surface area contributed by atoms with Crippen molar-refractivity contribution in [3.63, 3.8) is 0 Å². The van der Waals surface area contributed by atoms with Crippen molar-refractivity contribution in [2.45, 2.75) is 18.9 Å². The Hall–Kier alpha value is -2.29. The molecule has 0 aromatic heterocycles. The first-order chi connectivity index (χ1) is 11.4. The van der Waals surface area contributed by atoms with Crippen LogP contribution in [0.2, 0.25) is 0 Å². The topological polar surface area (TPSA) is 111 Å². The maximum absolute atomic E-state index is 12.0. The van der Waals surface area contributed by atoms with Crippen LogP contribution in [0, 0.1) is 5.92 Å². The Morgan fingerprint density at radius 3 is 2.62 bits per heavy atom. The van der Waals surface area contributed by atoms with E-state index in [1.807, 2.05) is 0 Å². The molecular formula is C15H18N2O6S. The number of hydrogen-bond donors (Lipinski definition) is 2. The van der Waals surface area contributed by atoms with Crippen molar-refractivity contribution in [3.05, 3.63) is 24.3 Å². The quantitative estimate of drug-likeness (QED) is 0.727. The highest BCUT2D eigenvalue weighted by atomic mass is 32.2. The van der Waals surface area contributed by atoms with Crippen molar-refractivity contribution < 1.29 is 27.5 Å². The van der Waals surface area contributed by atoms with Crippen molar-refractivity contribution in [2.75, 3.05) is 18.1 Å². The van der Waals surface area contributed by atoms with Crippen molar-refractivity contribution >= 4 is 21.7 Å². The lowest BCUT2D eigenvalue weighted by molar-refractivity contribution is -0.135. The number of ether oxygens (including phenoxy) is 2. The molecule has 2 atom stereocenters. The third-order valence-corrected chi connectivity index (χ3v) is 5.76. The highest BCUT2D eigenvalue weighted by molar-refractivity contribution is 7.91. The second-order valence-corrected chi connectivity index (χ2v) is 8.10. The molecule has 0 saturated carbocycles. The summed E-state index contributed by atoms with van der Waals surface area (Å²) in [6.07, 6.45) is -0.336. The molecule has 0 radical (unpaired) electrons. The van der Waals surface area contributed by atoms with Gasteiger partial charge in [-0.15, -0.1) is 0 Å². The smallest absolute Gasteiger partial charge is 0.283 e. The van der Waals surface area contributed by atoms with Gasteiger partial charge in [-0.2, -0.15) is 0 Å². The van der Waals surface area contributed by atoms with Gasteiger partial charge in [0, 0.05) is 6.42 Å². The van der Waals surface area contributed by atoms with Crippen LogP contribution in [-0.2, 0) is 19.4 Å². The minimum Gasteiger partial charge on any atom is -0.485 e. The van der Waals surface area contributed by atoms with Crippen LogP contribution >= 0.6 is 0 Å². The lowest BCUT2D eigenvalue weighted by atomic mass is 10.1. The Morgan fingerprint density at radius 2 is 1.92 bits per heavy atom. The fraction of sp³-hybridized carbons (Fsp3) is 0.467. The van der Waals surface area contributed by atoms with Gasteiger partial charge in [0.05, 0.1) is 11.5 Å². The summed E-state index contributed by atoms with van der Waals surface area (Å²) >= 11 is 0. The number of carbonyl (C=O) groups excluding carboxylic acids is 2. The van der Waals surface area contributed by atoms with Gasteiger partial charge in [0.15, 0.2) is 21.3 Å². The summed E-state index contributed by atoms with van der Waals surface area (Å²) in [5.41, 5.74) is 4.57. The Bertz CT molecular complexity index is 748. The van der Waals surface area contributed by atoms with Gasteiger partial charge in [-0.3, -0.25) is 20.4 Å². The van der Waals surface area contributed by atoms with E-state index in [9.17, 15) is 18.0 Å². The van der Waals surface area contributed by atoms with E-state index < -0.39 is 27.8 Å². The SMILES string of the molecule is O=C(CC1CCS(=O)(=O)C1)NNC(=O)C1COc2ccccc2O1. The van der Waals surface area contributed by atoms with Crippen LogP contribution in [0.3, 0.4) is 0 Å². The number of carbonyl (C=O) groups is 2. The molecule has 8 nitrogen and oxygen atoms in total. The van der Waals surface area contributed by atoms with Crippen LogP contribution in [0.4, 0.5) is 0 Å². The molecule has 2 aliphatic heterocycles. The normalized spacial score (nSPS) is 24.2. The van der Waals surface area contributed by atoms with Crippen LogP contribution < -0.4 is 20.3 Å². The predicted octanol–water partition coefficient (Wildman–Crippen LogP) is -0.201. The number of nitrogens with one attached hydrogen (secondary N) is 2. The maximum Gasteiger partial charge on any atom is 0.283 e.